The molecule has 0 saturated carbocycles. The smallest absolute Gasteiger partial charge is 0.253 e. The van der Waals surface area contributed by atoms with Crippen LogP contribution in [0.2, 0.25) is 0 Å². The zero-order valence-corrected chi connectivity index (χ0v) is 10.0. The summed E-state index contributed by atoms with van der Waals surface area (Å²) < 4.78 is 1.61. The molecule has 1 heterocycles. The Hall–Kier alpha value is -1.20. The summed E-state index contributed by atoms with van der Waals surface area (Å²) in [5, 5.41) is 3.30. The van der Waals surface area contributed by atoms with Gasteiger partial charge in [-0.25, -0.2) is 4.98 Å². The van der Waals surface area contributed by atoms with Crippen molar-refractivity contribution in [2.45, 2.75) is 13.0 Å². The van der Waals surface area contributed by atoms with Gasteiger partial charge in [0, 0.05) is 25.4 Å². The normalized spacial score (nSPS) is 10.9. The van der Waals surface area contributed by atoms with Crippen LogP contribution in [0.5, 0.6) is 0 Å². The van der Waals surface area contributed by atoms with Gasteiger partial charge in [0.05, 0.1) is 6.33 Å². The number of rotatable bonds is 7. The molecule has 0 unspecified atom stereocenters. The predicted molar refractivity (Wildman–Crippen MR) is 64.5 cm³/mol. The van der Waals surface area contributed by atoms with Gasteiger partial charge in [-0.15, -0.1) is 0 Å². The predicted octanol–water partition coefficient (Wildman–Crippen LogP) is -0.215. The molecule has 1 rings (SSSR count). The highest BCUT2D eigenvalue weighted by atomic mass is 16.1. The molecule has 5 heteroatoms. The molecule has 0 aliphatic carbocycles. The molecule has 16 heavy (non-hydrogen) atoms. The minimum absolute atomic E-state index is 0.00471. The summed E-state index contributed by atoms with van der Waals surface area (Å²) in [4.78, 5) is 17.4. The van der Waals surface area contributed by atoms with Gasteiger partial charge in [0.1, 0.15) is 0 Å². The minimum atomic E-state index is 0.00471. The quantitative estimate of drug-likeness (QED) is 0.651. The van der Waals surface area contributed by atoms with Crippen LogP contribution in [-0.2, 0) is 6.54 Å². The first kappa shape index (κ1) is 12.9. The standard InChI is InChI=1S/C11H20N4O/c1-14(2)8-3-5-12-7-9-15-10-13-6-4-11(15)16/h4,6,10,12H,3,5,7-9H2,1-2H3. The fourth-order valence-electron chi connectivity index (χ4n) is 1.39. The number of hydrogen-bond acceptors (Lipinski definition) is 4. The summed E-state index contributed by atoms with van der Waals surface area (Å²) >= 11 is 0. The first-order valence-electron chi connectivity index (χ1n) is 5.56. The van der Waals surface area contributed by atoms with Crippen molar-refractivity contribution >= 4 is 0 Å². The van der Waals surface area contributed by atoms with E-state index in [0.717, 1.165) is 26.1 Å². The molecular formula is C11H20N4O. The number of nitrogens with one attached hydrogen (secondary N) is 1. The van der Waals surface area contributed by atoms with Crippen molar-refractivity contribution in [2.24, 2.45) is 0 Å². The number of aromatic nitrogens is 2. The topological polar surface area (TPSA) is 50.2 Å². The lowest BCUT2D eigenvalue weighted by Gasteiger charge is -2.10. The van der Waals surface area contributed by atoms with Crippen LogP contribution in [0.3, 0.4) is 0 Å². The van der Waals surface area contributed by atoms with Crippen molar-refractivity contribution in [3.8, 4) is 0 Å². The Morgan fingerprint density at radius 2 is 2.25 bits per heavy atom. The van der Waals surface area contributed by atoms with Crippen LogP contribution in [-0.4, -0.2) is 48.2 Å². The fourth-order valence-corrected chi connectivity index (χ4v) is 1.39. The van der Waals surface area contributed by atoms with E-state index in [9.17, 15) is 4.79 Å². The Labute approximate surface area is 96.1 Å². The van der Waals surface area contributed by atoms with Crippen LogP contribution in [0, 0.1) is 0 Å². The van der Waals surface area contributed by atoms with E-state index in [1.807, 2.05) is 0 Å². The van der Waals surface area contributed by atoms with E-state index < -0.39 is 0 Å². The molecular weight excluding hydrogens is 204 g/mol. The zero-order valence-electron chi connectivity index (χ0n) is 10.0. The zero-order chi connectivity index (χ0) is 11.8. The SMILES string of the molecule is CN(C)CCCNCCn1cnccc1=O. The molecule has 0 spiro atoms. The molecule has 1 aromatic heterocycles. The lowest BCUT2D eigenvalue weighted by Crippen LogP contribution is -2.28. The third-order valence-corrected chi connectivity index (χ3v) is 2.28. The summed E-state index contributed by atoms with van der Waals surface area (Å²) in [7, 11) is 4.13. The number of nitrogens with zero attached hydrogens (tertiary/aromatic N) is 3. The molecule has 0 saturated heterocycles. The van der Waals surface area contributed by atoms with E-state index >= 15 is 0 Å². The van der Waals surface area contributed by atoms with Gasteiger partial charge >= 0.3 is 0 Å². The first-order valence-corrected chi connectivity index (χ1v) is 5.56. The van der Waals surface area contributed by atoms with Crippen molar-refractivity contribution < 1.29 is 0 Å². The van der Waals surface area contributed by atoms with E-state index in [1.54, 1.807) is 10.9 Å². The highest BCUT2D eigenvalue weighted by Crippen LogP contribution is 1.81. The Morgan fingerprint density at radius 3 is 2.94 bits per heavy atom. The second kappa shape index (κ2) is 7.14. The third-order valence-electron chi connectivity index (χ3n) is 2.28. The second-order valence-corrected chi connectivity index (χ2v) is 4.02. The van der Waals surface area contributed by atoms with Gasteiger partial charge in [0.25, 0.3) is 5.56 Å². The van der Waals surface area contributed by atoms with E-state index in [-0.39, 0.29) is 5.56 Å². The van der Waals surface area contributed by atoms with Crippen molar-refractivity contribution in [1.29, 1.82) is 0 Å². The van der Waals surface area contributed by atoms with Crippen molar-refractivity contribution in [1.82, 2.24) is 19.8 Å². The van der Waals surface area contributed by atoms with E-state index in [4.69, 9.17) is 0 Å². The summed E-state index contributed by atoms with van der Waals surface area (Å²) in [5.41, 5.74) is 0.00471. The summed E-state index contributed by atoms with van der Waals surface area (Å²) in [6, 6.07) is 1.48. The largest absolute Gasteiger partial charge is 0.315 e. The molecule has 0 radical (unpaired) electrons. The summed E-state index contributed by atoms with van der Waals surface area (Å²) in [6.07, 6.45) is 4.21. The van der Waals surface area contributed by atoms with Crippen LogP contribution in [0.15, 0.2) is 23.4 Å². The molecule has 0 fully saturated rings. The average Bonchev–Trinajstić information content (AvgIpc) is 2.25. The van der Waals surface area contributed by atoms with Crippen LogP contribution < -0.4 is 10.9 Å². The van der Waals surface area contributed by atoms with Crippen LogP contribution in [0.25, 0.3) is 0 Å². The van der Waals surface area contributed by atoms with Gasteiger partial charge in [-0.05, 0) is 33.6 Å². The van der Waals surface area contributed by atoms with Gasteiger partial charge in [-0.1, -0.05) is 0 Å². The van der Waals surface area contributed by atoms with Crippen LogP contribution in [0.1, 0.15) is 6.42 Å². The Morgan fingerprint density at radius 1 is 1.44 bits per heavy atom. The molecule has 0 bridgehead atoms. The Balaban J connectivity index is 2.12. The summed E-state index contributed by atoms with van der Waals surface area (Å²) in [6.45, 7) is 3.54. The highest BCUT2D eigenvalue weighted by molar-refractivity contribution is 4.81. The first-order chi connectivity index (χ1) is 7.70. The molecule has 90 valence electrons. The summed E-state index contributed by atoms with van der Waals surface area (Å²) in [5.74, 6) is 0. The van der Waals surface area contributed by atoms with Gasteiger partial charge in [0.2, 0.25) is 0 Å². The van der Waals surface area contributed by atoms with E-state index in [2.05, 4.69) is 29.3 Å². The van der Waals surface area contributed by atoms with Crippen molar-refractivity contribution in [3.63, 3.8) is 0 Å². The van der Waals surface area contributed by atoms with Gasteiger partial charge in [-0.3, -0.25) is 9.36 Å². The fraction of sp³-hybridized carbons (Fsp3) is 0.636. The van der Waals surface area contributed by atoms with Crippen LogP contribution in [0.4, 0.5) is 0 Å². The lowest BCUT2D eigenvalue weighted by molar-refractivity contribution is 0.393. The molecule has 0 aliphatic heterocycles. The van der Waals surface area contributed by atoms with Gasteiger partial charge in [-0.2, -0.15) is 0 Å². The molecule has 1 N–H and O–H groups in total. The molecule has 0 aromatic carbocycles. The molecule has 5 nitrogen and oxygen atoms in total. The van der Waals surface area contributed by atoms with Crippen molar-refractivity contribution in [2.75, 3.05) is 33.7 Å². The Bertz CT molecular complexity index is 348. The van der Waals surface area contributed by atoms with E-state index in [1.165, 1.54) is 12.3 Å². The van der Waals surface area contributed by atoms with Crippen molar-refractivity contribution in [3.05, 3.63) is 28.9 Å². The second-order valence-electron chi connectivity index (χ2n) is 4.02. The Kier molecular flexibility index (Phi) is 5.74. The van der Waals surface area contributed by atoms with Gasteiger partial charge in [0.15, 0.2) is 0 Å². The van der Waals surface area contributed by atoms with Gasteiger partial charge < -0.3 is 10.2 Å². The van der Waals surface area contributed by atoms with E-state index in [0.29, 0.717) is 6.54 Å². The minimum Gasteiger partial charge on any atom is -0.315 e. The maximum Gasteiger partial charge on any atom is 0.253 e. The van der Waals surface area contributed by atoms with Crippen LogP contribution >= 0.6 is 0 Å². The molecule has 0 amide bonds. The molecule has 1 aromatic rings. The maximum absolute atomic E-state index is 11.3. The molecule has 0 atom stereocenters. The maximum atomic E-state index is 11.3. The monoisotopic (exact) mass is 224 g/mol. The highest BCUT2D eigenvalue weighted by Gasteiger charge is 1.94. The third kappa shape index (κ3) is 5.04. The lowest BCUT2D eigenvalue weighted by atomic mass is 10.4. The number of hydrogen-bond donors (Lipinski definition) is 1. The average molecular weight is 224 g/mol. The molecule has 0 aliphatic rings.